The maximum atomic E-state index is 10.8. The first-order valence-corrected chi connectivity index (χ1v) is 4.37. The molecular formula is C7H15N5O2. The van der Waals surface area contributed by atoms with E-state index in [0.29, 0.717) is 19.0 Å². The number of rotatable bonds is 2. The lowest BCUT2D eigenvalue weighted by molar-refractivity contribution is -0.141. The molecule has 1 heterocycles. The van der Waals surface area contributed by atoms with Gasteiger partial charge < -0.3 is 15.8 Å². The molecule has 7 heteroatoms. The van der Waals surface area contributed by atoms with E-state index in [4.69, 9.17) is 16.8 Å². The van der Waals surface area contributed by atoms with Crippen LogP contribution >= 0.6 is 0 Å². The van der Waals surface area contributed by atoms with Crippen molar-refractivity contribution in [2.75, 3.05) is 13.1 Å². The second-order valence-electron chi connectivity index (χ2n) is 3.18. The Labute approximate surface area is 81.9 Å². The van der Waals surface area contributed by atoms with Crippen LogP contribution in [0.4, 0.5) is 0 Å². The van der Waals surface area contributed by atoms with Crippen molar-refractivity contribution in [3.8, 4) is 0 Å². The van der Waals surface area contributed by atoms with Gasteiger partial charge in [0.05, 0.1) is 0 Å². The Balaban J connectivity index is 2.80. The van der Waals surface area contributed by atoms with Crippen LogP contribution < -0.4 is 11.7 Å². The summed E-state index contributed by atoms with van der Waals surface area (Å²) in [5.74, 6) is 10.2. The molecule has 0 spiro atoms. The number of hydrogen-bond acceptors (Lipinski definition) is 4. The van der Waals surface area contributed by atoms with Gasteiger partial charge in [0.15, 0.2) is 0 Å². The zero-order chi connectivity index (χ0) is 10.7. The Morgan fingerprint density at radius 3 is 2.79 bits per heavy atom. The topological polar surface area (TPSA) is 108 Å². The highest BCUT2D eigenvalue weighted by atomic mass is 16.4. The molecule has 0 saturated carbocycles. The monoisotopic (exact) mass is 201 g/mol. The number of guanidine groups is 1. The number of nitrogens with zero attached hydrogens (tertiary/aromatic N) is 3. The number of aliphatic carboxylic acids is 1. The standard InChI is InChI=1S/C7H15N5O2/c1-5(6(13)14)11-3-2-4-12(9)7(11)10-8/h5H,2-4,8-9H2,1H3,(H,13,14). The van der Waals surface area contributed by atoms with Gasteiger partial charge in [-0.3, -0.25) is 5.01 Å². The lowest BCUT2D eigenvalue weighted by Crippen LogP contribution is -2.58. The number of hydrazine groups is 1. The quantitative estimate of drug-likeness (QED) is 0.373. The summed E-state index contributed by atoms with van der Waals surface area (Å²) in [6.45, 7) is 2.82. The van der Waals surface area contributed by atoms with Crippen LogP contribution in [0.1, 0.15) is 13.3 Å². The van der Waals surface area contributed by atoms with E-state index in [1.54, 1.807) is 11.8 Å². The van der Waals surface area contributed by atoms with Gasteiger partial charge in [-0.05, 0) is 13.3 Å². The fourth-order valence-corrected chi connectivity index (χ4v) is 1.42. The first kappa shape index (κ1) is 10.6. The molecule has 1 unspecified atom stereocenters. The summed E-state index contributed by atoms with van der Waals surface area (Å²) >= 11 is 0. The average molecular weight is 201 g/mol. The highest BCUT2D eigenvalue weighted by Crippen LogP contribution is 2.09. The van der Waals surface area contributed by atoms with Gasteiger partial charge in [0.25, 0.3) is 0 Å². The minimum absolute atomic E-state index is 0.325. The zero-order valence-electron chi connectivity index (χ0n) is 8.05. The maximum Gasteiger partial charge on any atom is 0.326 e. The van der Waals surface area contributed by atoms with Gasteiger partial charge in [0, 0.05) is 13.1 Å². The van der Waals surface area contributed by atoms with Crippen molar-refractivity contribution in [1.82, 2.24) is 9.91 Å². The Morgan fingerprint density at radius 2 is 2.29 bits per heavy atom. The van der Waals surface area contributed by atoms with E-state index in [0.717, 1.165) is 6.42 Å². The SMILES string of the molecule is CC(C(=O)O)N1CCCN(N)C1=NN. The van der Waals surface area contributed by atoms with Gasteiger partial charge >= 0.3 is 5.97 Å². The van der Waals surface area contributed by atoms with Crippen molar-refractivity contribution < 1.29 is 9.90 Å². The Hall–Kier alpha value is -1.50. The van der Waals surface area contributed by atoms with E-state index in [9.17, 15) is 4.79 Å². The highest BCUT2D eigenvalue weighted by Gasteiger charge is 2.29. The predicted octanol–water partition coefficient (Wildman–Crippen LogP) is -1.43. The van der Waals surface area contributed by atoms with E-state index in [1.807, 2.05) is 0 Å². The van der Waals surface area contributed by atoms with Crippen LogP contribution in [-0.4, -0.2) is 46.1 Å². The van der Waals surface area contributed by atoms with Gasteiger partial charge in [-0.25, -0.2) is 10.6 Å². The molecule has 0 aromatic rings. The van der Waals surface area contributed by atoms with Crippen molar-refractivity contribution in [2.45, 2.75) is 19.4 Å². The fourth-order valence-electron chi connectivity index (χ4n) is 1.42. The largest absolute Gasteiger partial charge is 0.480 e. The summed E-state index contributed by atoms with van der Waals surface area (Å²) in [6, 6.07) is -0.663. The van der Waals surface area contributed by atoms with E-state index in [1.165, 1.54) is 5.01 Å². The molecule has 5 N–H and O–H groups in total. The third kappa shape index (κ3) is 1.87. The van der Waals surface area contributed by atoms with Crippen molar-refractivity contribution in [1.29, 1.82) is 0 Å². The van der Waals surface area contributed by atoms with Crippen LogP contribution in [0.2, 0.25) is 0 Å². The molecule has 1 rings (SSSR count). The third-order valence-electron chi connectivity index (χ3n) is 2.25. The van der Waals surface area contributed by atoms with Crippen molar-refractivity contribution in [3.63, 3.8) is 0 Å². The van der Waals surface area contributed by atoms with Gasteiger partial charge in [-0.15, -0.1) is 5.10 Å². The molecule has 0 aliphatic carbocycles. The van der Waals surface area contributed by atoms with Gasteiger partial charge in [-0.2, -0.15) is 0 Å². The molecule has 1 saturated heterocycles. The van der Waals surface area contributed by atoms with Crippen LogP contribution in [0.3, 0.4) is 0 Å². The summed E-state index contributed by atoms with van der Waals surface area (Å²) in [5.41, 5.74) is 0. The predicted molar refractivity (Wildman–Crippen MR) is 50.9 cm³/mol. The van der Waals surface area contributed by atoms with Crippen LogP contribution in [0.5, 0.6) is 0 Å². The molecule has 7 nitrogen and oxygen atoms in total. The lowest BCUT2D eigenvalue weighted by Gasteiger charge is -2.37. The van der Waals surface area contributed by atoms with E-state index in [-0.39, 0.29) is 0 Å². The number of carboxylic acid groups (broad SMARTS) is 1. The Morgan fingerprint density at radius 1 is 1.64 bits per heavy atom. The molecular weight excluding hydrogens is 186 g/mol. The number of carbonyl (C=O) groups is 1. The normalized spacial score (nSPS) is 22.6. The summed E-state index contributed by atoms with van der Waals surface area (Å²) in [5, 5.41) is 13.7. The number of hydrazone groups is 1. The molecule has 1 atom stereocenters. The smallest absolute Gasteiger partial charge is 0.326 e. The lowest BCUT2D eigenvalue weighted by atomic mass is 10.2. The van der Waals surface area contributed by atoms with E-state index < -0.39 is 12.0 Å². The van der Waals surface area contributed by atoms with Gasteiger partial charge in [0.2, 0.25) is 5.96 Å². The highest BCUT2D eigenvalue weighted by molar-refractivity contribution is 5.85. The first-order valence-electron chi connectivity index (χ1n) is 4.37. The summed E-state index contributed by atoms with van der Waals surface area (Å²) in [7, 11) is 0. The first-order chi connectivity index (χ1) is 6.57. The van der Waals surface area contributed by atoms with Crippen LogP contribution in [0.15, 0.2) is 5.10 Å². The minimum Gasteiger partial charge on any atom is -0.480 e. The molecule has 1 aliphatic heterocycles. The van der Waals surface area contributed by atoms with Gasteiger partial charge in [0.1, 0.15) is 6.04 Å². The number of nitrogens with two attached hydrogens (primary N) is 2. The zero-order valence-corrected chi connectivity index (χ0v) is 8.05. The second kappa shape index (κ2) is 4.14. The molecule has 0 amide bonds. The maximum absolute atomic E-state index is 10.8. The molecule has 0 aromatic heterocycles. The molecule has 1 fully saturated rings. The van der Waals surface area contributed by atoms with Crippen LogP contribution in [-0.2, 0) is 4.79 Å². The number of hydrogen-bond donors (Lipinski definition) is 3. The minimum atomic E-state index is -0.915. The van der Waals surface area contributed by atoms with Crippen molar-refractivity contribution in [2.24, 2.45) is 16.8 Å². The molecule has 14 heavy (non-hydrogen) atoms. The van der Waals surface area contributed by atoms with E-state index in [2.05, 4.69) is 5.10 Å². The van der Waals surface area contributed by atoms with Crippen molar-refractivity contribution >= 4 is 11.9 Å². The van der Waals surface area contributed by atoms with Crippen LogP contribution in [0.25, 0.3) is 0 Å². The van der Waals surface area contributed by atoms with Gasteiger partial charge in [-0.1, -0.05) is 0 Å². The molecule has 0 radical (unpaired) electrons. The summed E-state index contributed by atoms with van der Waals surface area (Å²) < 4.78 is 0. The molecule has 1 aliphatic rings. The average Bonchev–Trinajstić information content (AvgIpc) is 2.16. The van der Waals surface area contributed by atoms with Crippen LogP contribution in [0, 0.1) is 0 Å². The summed E-state index contributed by atoms with van der Waals surface area (Å²) in [4.78, 5) is 12.3. The number of carboxylic acids is 1. The molecule has 80 valence electrons. The van der Waals surface area contributed by atoms with Crippen molar-refractivity contribution in [3.05, 3.63) is 0 Å². The molecule has 0 aromatic carbocycles. The fraction of sp³-hybridized carbons (Fsp3) is 0.714. The Kier molecular flexibility index (Phi) is 3.13. The third-order valence-corrected chi connectivity index (χ3v) is 2.25. The second-order valence-corrected chi connectivity index (χ2v) is 3.18. The summed E-state index contributed by atoms with van der Waals surface area (Å²) in [6.07, 6.45) is 0.799. The molecule has 0 bridgehead atoms. The Bertz CT molecular complexity index is 254. The van der Waals surface area contributed by atoms with E-state index >= 15 is 0 Å².